The number of carbonyl (C=O) groups is 1. The maximum Gasteiger partial charge on any atom is 0.223 e. The van der Waals surface area contributed by atoms with Crippen molar-refractivity contribution in [3.63, 3.8) is 0 Å². The number of rotatable bonds is 3. The average molecular weight is 211 g/mol. The molecule has 76 valence electrons. The summed E-state index contributed by atoms with van der Waals surface area (Å²) < 4.78 is 0. The van der Waals surface area contributed by atoms with Gasteiger partial charge in [0.2, 0.25) is 5.91 Å². The topological polar surface area (TPSA) is 49.0 Å². The van der Waals surface area contributed by atoms with Crippen LogP contribution in [-0.2, 0) is 11.3 Å². The fourth-order valence-corrected chi connectivity index (χ4v) is 1.96. The minimum Gasteiger partial charge on any atom is -0.338 e. The molecule has 1 amide bonds. The van der Waals surface area contributed by atoms with Gasteiger partial charge in [-0.2, -0.15) is 17.7 Å². The Morgan fingerprint density at radius 2 is 2.57 bits per heavy atom. The number of nitrogens with zero attached hydrogens (tertiary/aromatic N) is 2. The number of H-pyrrole nitrogens is 1. The number of amides is 1. The Balaban J connectivity index is 1.96. The molecule has 0 radical (unpaired) electrons. The zero-order valence-corrected chi connectivity index (χ0v) is 8.70. The van der Waals surface area contributed by atoms with Gasteiger partial charge in [0.15, 0.2) is 0 Å². The zero-order chi connectivity index (χ0) is 9.97. The van der Waals surface area contributed by atoms with Crippen LogP contribution in [0, 0.1) is 5.92 Å². The summed E-state index contributed by atoms with van der Waals surface area (Å²) in [7, 11) is 0. The molecule has 1 aliphatic rings. The Morgan fingerprint density at radius 1 is 1.71 bits per heavy atom. The third kappa shape index (κ3) is 1.92. The normalized spacial score (nSPS) is 21.9. The van der Waals surface area contributed by atoms with Crippen molar-refractivity contribution in [3.05, 3.63) is 18.0 Å². The second-order valence-corrected chi connectivity index (χ2v) is 4.00. The van der Waals surface area contributed by atoms with Gasteiger partial charge < -0.3 is 4.90 Å². The van der Waals surface area contributed by atoms with E-state index in [-0.39, 0.29) is 5.91 Å². The fourth-order valence-electron chi connectivity index (χ4n) is 1.71. The maximum atomic E-state index is 11.5. The third-order valence-corrected chi connectivity index (χ3v) is 3.00. The lowest BCUT2D eigenvalue weighted by Crippen LogP contribution is -2.24. The van der Waals surface area contributed by atoms with E-state index in [0.717, 1.165) is 17.9 Å². The molecule has 1 saturated heterocycles. The minimum atomic E-state index is 0.227. The van der Waals surface area contributed by atoms with E-state index in [9.17, 15) is 4.79 Å². The van der Waals surface area contributed by atoms with Crippen LogP contribution in [0.4, 0.5) is 0 Å². The van der Waals surface area contributed by atoms with Crippen LogP contribution < -0.4 is 0 Å². The van der Waals surface area contributed by atoms with Crippen molar-refractivity contribution in [2.24, 2.45) is 5.92 Å². The summed E-state index contributed by atoms with van der Waals surface area (Å²) >= 11 is 4.21. The third-order valence-electron chi connectivity index (χ3n) is 2.48. The second kappa shape index (κ2) is 4.04. The number of hydrogen-bond donors (Lipinski definition) is 2. The van der Waals surface area contributed by atoms with Gasteiger partial charge >= 0.3 is 0 Å². The van der Waals surface area contributed by atoms with E-state index >= 15 is 0 Å². The molecule has 2 rings (SSSR count). The smallest absolute Gasteiger partial charge is 0.223 e. The van der Waals surface area contributed by atoms with Crippen molar-refractivity contribution in [1.29, 1.82) is 0 Å². The van der Waals surface area contributed by atoms with Crippen LogP contribution in [0.2, 0.25) is 0 Å². The molecule has 1 atom stereocenters. The van der Waals surface area contributed by atoms with Crippen LogP contribution in [-0.4, -0.2) is 33.3 Å². The first-order valence-corrected chi connectivity index (χ1v) is 5.29. The van der Waals surface area contributed by atoms with Gasteiger partial charge in [0.25, 0.3) is 0 Å². The predicted octanol–water partition coefficient (Wildman–Crippen LogP) is 0.688. The number of thiol groups is 1. The highest BCUT2D eigenvalue weighted by Gasteiger charge is 2.28. The van der Waals surface area contributed by atoms with Crippen LogP contribution in [0.25, 0.3) is 0 Å². The lowest BCUT2D eigenvalue weighted by molar-refractivity contribution is -0.128. The molecule has 14 heavy (non-hydrogen) atoms. The van der Waals surface area contributed by atoms with Gasteiger partial charge in [0, 0.05) is 31.3 Å². The SMILES string of the molecule is O=C1CC(CS)CN1Cc1cn[nH]c1. The van der Waals surface area contributed by atoms with E-state index in [4.69, 9.17) is 0 Å². The molecule has 0 aromatic carbocycles. The standard InChI is InChI=1S/C9H13N3OS/c13-9-1-7(6-14)4-12(9)5-8-2-10-11-3-8/h2-3,7,14H,1,4-6H2,(H,10,11). The first kappa shape index (κ1) is 9.58. The van der Waals surface area contributed by atoms with E-state index in [1.165, 1.54) is 0 Å². The molecule has 0 saturated carbocycles. The van der Waals surface area contributed by atoms with Gasteiger partial charge in [0.05, 0.1) is 6.20 Å². The number of aromatic nitrogens is 2. The van der Waals surface area contributed by atoms with Gasteiger partial charge in [-0.1, -0.05) is 0 Å². The van der Waals surface area contributed by atoms with Crippen LogP contribution in [0.15, 0.2) is 12.4 Å². The summed E-state index contributed by atoms with van der Waals surface area (Å²) in [6.45, 7) is 1.49. The van der Waals surface area contributed by atoms with E-state index in [1.807, 2.05) is 11.1 Å². The molecule has 1 fully saturated rings. The number of nitrogens with one attached hydrogen (secondary N) is 1. The predicted molar refractivity (Wildman–Crippen MR) is 56.0 cm³/mol. The van der Waals surface area contributed by atoms with Crippen molar-refractivity contribution < 1.29 is 4.79 Å². The van der Waals surface area contributed by atoms with Crippen LogP contribution in [0.1, 0.15) is 12.0 Å². The van der Waals surface area contributed by atoms with Crippen molar-refractivity contribution in [2.45, 2.75) is 13.0 Å². The Labute approximate surface area is 88.1 Å². The Hall–Kier alpha value is -0.970. The largest absolute Gasteiger partial charge is 0.338 e. The molecule has 0 spiro atoms. The molecule has 1 aromatic rings. The molecule has 2 heterocycles. The number of hydrogen-bond acceptors (Lipinski definition) is 3. The lowest BCUT2D eigenvalue weighted by atomic mass is 10.1. The monoisotopic (exact) mass is 211 g/mol. The highest BCUT2D eigenvalue weighted by Crippen LogP contribution is 2.20. The van der Waals surface area contributed by atoms with Gasteiger partial charge in [-0.05, 0) is 11.7 Å². The minimum absolute atomic E-state index is 0.227. The summed E-state index contributed by atoms with van der Waals surface area (Å²) in [5.74, 6) is 1.43. The van der Waals surface area contributed by atoms with Crippen molar-refractivity contribution in [2.75, 3.05) is 12.3 Å². The zero-order valence-electron chi connectivity index (χ0n) is 7.81. The van der Waals surface area contributed by atoms with Gasteiger partial charge in [-0.25, -0.2) is 0 Å². The summed E-state index contributed by atoms with van der Waals surface area (Å²) in [5, 5.41) is 6.59. The number of aromatic amines is 1. The molecule has 1 unspecified atom stereocenters. The Bertz CT molecular complexity index is 312. The van der Waals surface area contributed by atoms with Crippen LogP contribution in [0.5, 0.6) is 0 Å². The second-order valence-electron chi connectivity index (χ2n) is 3.63. The van der Waals surface area contributed by atoms with Gasteiger partial charge in [-0.3, -0.25) is 9.89 Å². The van der Waals surface area contributed by atoms with Crippen LogP contribution >= 0.6 is 12.6 Å². The van der Waals surface area contributed by atoms with Crippen molar-refractivity contribution in [1.82, 2.24) is 15.1 Å². The quantitative estimate of drug-likeness (QED) is 0.723. The molecule has 1 N–H and O–H groups in total. The maximum absolute atomic E-state index is 11.5. The summed E-state index contributed by atoms with van der Waals surface area (Å²) in [4.78, 5) is 13.4. The summed E-state index contributed by atoms with van der Waals surface area (Å²) in [5.41, 5.74) is 1.05. The molecule has 1 aliphatic heterocycles. The average Bonchev–Trinajstić information content (AvgIpc) is 2.78. The van der Waals surface area contributed by atoms with Gasteiger partial charge in [-0.15, -0.1) is 0 Å². The molecule has 0 bridgehead atoms. The molecule has 5 heteroatoms. The molecular weight excluding hydrogens is 198 g/mol. The number of likely N-dealkylation sites (tertiary alicyclic amines) is 1. The number of carbonyl (C=O) groups excluding carboxylic acids is 1. The van der Waals surface area contributed by atoms with Gasteiger partial charge in [0.1, 0.15) is 0 Å². The molecule has 0 aliphatic carbocycles. The lowest BCUT2D eigenvalue weighted by Gasteiger charge is -2.14. The first-order valence-electron chi connectivity index (χ1n) is 4.66. The van der Waals surface area contributed by atoms with Crippen molar-refractivity contribution >= 4 is 18.5 Å². The highest BCUT2D eigenvalue weighted by molar-refractivity contribution is 7.80. The van der Waals surface area contributed by atoms with Crippen LogP contribution in [0.3, 0.4) is 0 Å². The molecule has 1 aromatic heterocycles. The summed E-state index contributed by atoms with van der Waals surface area (Å²) in [6, 6.07) is 0. The van der Waals surface area contributed by atoms with E-state index < -0.39 is 0 Å². The fraction of sp³-hybridized carbons (Fsp3) is 0.556. The first-order chi connectivity index (χ1) is 6.79. The molecular formula is C9H13N3OS. The van der Waals surface area contributed by atoms with Crippen molar-refractivity contribution in [3.8, 4) is 0 Å². The Morgan fingerprint density at radius 3 is 3.14 bits per heavy atom. The molecule has 4 nitrogen and oxygen atoms in total. The Kier molecular flexibility index (Phi) is 2.77. The highest BCUT2D eigenvalue weighted by atomic mass is 32.1. The van der Waals surface area contributed by atoms with E-state index in [0.29, 0.717) is 18.9 Å². The van der Waals surface area contributed by atoms with E-state index in [1.54, 1.807) is 6.20 Å². The summed E-state index contributed by atoms with van der Waals surface area (Å²) in [6.07, 6.45) is 4.21. The van der Waals surface area contributed by atoms with E-state index in [2.05, 4.69) is 22.8 Å².